The predicted octanol–water partition coefficient (Wildman–Crippen LogP) is 1.19. The van der Waals surface area contributed by atoms with Gasteiger partial charge in [0.25, 0.3) is 0 Å². The first-order valence-electron chi connectivity index (χ1n) is 6.12. The second-order valence-electron chi connectivity index (χ2n) is 4.56. The number of para-hydroxylation sites is 2. The Balaban J connectivity index is 2.17. The average molecular weight is 235 g/mol. The molecular formula is C13H21N3O. The number of nitrogens with two attached hydrogens (primary N) is 1. The molecule has 1 aliphatic heterocycles. The molecule has 0 saturated carbocycles. The van der Waals surface area contributed by atoms with Crippen molar-refractivity contribution < 1.29 is 4.74 Å². The Kier molecular flexibility index (Phi) is 3.86. The van der Waals surface area contributed by atoms with Crippen molar-refractivity contribution in [2.75, 3.05) is 32.1 Å². The Bertz CT molecular complexity index is 361. The highest BCUT2D eigenvalue weighted by Crippen LogP contribution is 2.29. The van der Waals surface area contributed by atoms with E-state index in [-0.39, 0.29) is 5.54 Å². The van der Waals surface area contributed by atoms with Gasteiger partial charge >= 0.3 is 0 Å². The van der Waals surface area contributed by atoms with Crippen molar-refractivity contribution in [2.45, 2.75) is 18.4 Å². The average Bonchev–Trinajstić information content (AvgIpc) is 2.40. The van der Waals surface area contributed by atoms with Crippen LogP contribution in [0, 0.1) is 0 Å². The molecule has 4 nitrogen and oxygen atoms in total. The van der Waals surface area contributed by atoms with Gasteiger partial charge < -0.3 is 21.1 Å². The van der Waals surface area contributed by atoms with Crippen LogP contribution >= 0.6 is 0 Å². The second kappa shape index (κ2) is 5.38. The molecule has 4 heteroatoms. The Morgan fingerprint density at radius 1 is 1.35 bits per heavy atom. The molecule has 4 N–H and O–H groups in total. The van der Waals surface area contributed by atoms with E-state index in [1.165, 1.54) is 0 Å². The monoisotopic (exact) mass is 235 g/mol. The van der Waals surface area contributed by atoms with Crippen molar-refractivity contribution in [2.24, 2.45) is 5.73 Å². The van der Waals surface area contributed by atoms with Gasteiger partial charge in [-0.1, -0.05) is 12.1 Å². The summed E-state index contributed by atoms with van der Waals surface area (Å²) in [6.07, 6.45) is 2.09. The standard InChI is InChI=1S/C13H21N3O/c1-17-12-5-3-2-4-11(12)16-13(10-14)6-8-15-9-7-13/h2-5,15-16H,6-10,14H2,1H3. The van der Waals surface area contributed by atoms with E-state index in [0.717, 1.165) is 37.4 Å². The maximum atomic E-state index is 5.95. The molecule has 1 heterocycles. The van der Waals surface area contributed by atoms with E-state index in [0.29, 0.717) is 6.54 Å². The maximum Gasteiger partial charge on any atom is 0.141 e. The van der Waals surface area contributed by atoms with Crippen LogP contribution in [0.1, 0.15) is 12.8 Å². The fraction of sp³-hybridized carbons (Fsp3) is 0.538. The normalized spacial score (nSPS) is 18.7. The molecule has 1 aromatic rings. The number of nitrogens with one attached hydrogen (secondary N) is 2. The van der Waals surface area contributed by atoms with Gasteiger partial charge in [-0.05, 0) is 38.1 Å². The van der Waals surface area contributed by atoms with Crippen LogP contribution in [0.15, 0.2) is 24.3 Å². The van der Waals surface area contributed by atoms with Crippen LogP contribution in [0.5, 0.6) is 5.75 Å². The zero-order valence-corrected chi connectivity index (χ0v) is 10.3. The lowest BCUT2D eigenvalue weighted by Crippen LogP contribution is -2.52. The van der Waals surface area contributed by atoms with Crippen molar-refractivity contribution in [3.63, 3.8) is 0 Å². The number of piperidine rings is 1. The molecule has 17 heavy (non-hydrogen) atoms. The van der Waals surface area contributed by atoms with Gasteiger partial charge in [0.1, 0.15) is 5.75 Å². The van der Waals surface area contributed by atoms with Crippen LogP contribution in [0.2, 0.25) is 0 Å². The minimum absolute atomic E-state index is 0.000116. The van der Waals surface area contributed by atoms with E-state index in [9.17, 15) is 0 Å². The molecule has 0 spiro atoms. The van der Waals surface area contributed by atoms with E-state index in [2.05, 4.69) is 10.6 Å². The zero-order valence-electron chi connectivity index (χ0n) is 10.3. The molecular weight excluding hydrogens is 214 g/mol. The van der Waals surface area contributed by atoms with Crippen molar-refractivity contribution in [3.8, 4) is 5.75 Å². The first kappa shape index (κ1) is 12.2. The molecule has 1 saturated heterocycles. The minimum atomic E-state index is -0.000116. The quantitative estimate of drug-likeness (QED) is 0.733. The zero-order chi connectivity index (χ0) is 12.1. The molecule has 94 valence electrons. The van der Waals surface area contributed by atoms with Gasteiger partial charge in [0, 0.05) is 6.54 Å². The fourth-order valence-corrected chi connectivity index (χ4v) is 2.32. The Morgan fingerprint density at radius 3 is 2.71 bits per heavy atom. The molecule has 0 atom stereocenters. The highest BCUT2D eigenvalue weighted by molar-refractivity contribution is 5.57. The fourth-order valence-electron chi connectivity index (χ4n) is 2.32. The number of anilines is 1. The molecule has 0 aromatic heterocycles. The van der Waals surface area contributed by atoms with E-state index in [4.69, 9.17) is 10.5 Å². The summed E-state index contributed by atoms with van der Waals surface area (Å²) in [6.45, 7) is 2.67. The summed E-state index contributed by atoms with van der Waals surface area (Å²) < 4.78 is 5.36. The van der Waals surface area contributed by atoms with Crippen molar-refractivity contribution in [1.29, 1.82) is 0 Å². The summed E-state index contributed by atoms with van der Waals surface area (Å²) in [6, 6.07) is 7.99. The summed E-state index contributed by atoms with van der Waals surface area (Å²) >= 11 is 0. The summed E-state index contributed by atoms with van der Waals surface area (Å²) in [4.78, 5) is 0. The molecule has 0 radical (unpaired) electrons. The SMILES string of the molecule is COc1ccccc1NC1(CN)CCNCC1. The summed E-state index contributed by atoms with van der Waals surface area (Å²) in [5.41, 5.74) is 6.98. The molecule has 0 aliphatic carbocycles. The Hall–Kier alpha value is -1.26. The van der Waals surface area contributed by atoms with Crippen LogP contribution in [-0.4, -0.2) is 32.3 Å². The Labute approximate surface area is 103 Å². The van der Waals surface area contributed by atoms with Crippen molar-refractivity contribution in [3.05, 3.63) is 24.3 Å². The van der Waals surface area contributed by atoms with E-state index in [1.54, 1.807) is 7.11 Å². The molecule has 2 rings (SSSR count). The number of benzene rings is 1. The minimum Gasteiger partial charge on any atom is -0.495 e. The van der Waals surface area contributed by atoms with Crippen LogP contribution in [0.4, 0.5) is 5.69 Å². The lowest BCUT2D eigenvalue weighted by molar-refractivity contribution is 0.343. The van der Waals surface area contributed by atoms with E-state index >= 15 is 0 Å². The van der Waals surface area contributed by atoms with Crippen LogP contribution in [0.3, 0.4) is 0 Å². The number of ether oxygens (including phenoxy) is 1. The van der Waals surface area contributed by atoms with Gasteiger partial charge in [0.2, 0.25) is 0 Å². The van der Waals surface area contributed by atoms with Gasteiger partial charge in [0.15, 0.2) is 0 Å². The van der Waals surface area contributed by atoms with Gasteiger partial charge in [-0.3, -0.25) is 0 Å². The van der Waals surface area contributed by atoms with Gasteiger partial charge in [-0.15, -0.1) is 0 Å². The summed E-state index contributed by atoms with van der Waals surface area (Å²) in [5, 5.41) is 6.93. The van der Waals surface area contributed by atoms with Crippen molar-refractivity contribution in [1.82, 2.24) is 5.32 Å². The lowest BCUT2D eigenvalue weighted by atomic mass is 9.88. The number of methoxy groups -OCH3 is 1. The third-order valence-electron chi connectivity index (χ3n) is 3.46. The number of rotatable bonds is 4. The molecule has 1 fully saturated rings. The van der Waals surface area contributed by atoms with Crippen LogP contribution in [-0.2, 0) is 0 Å². The Morgan fingerprint density at radius 2 is 2.06 bits per heavy atom. The first-order chi connectivity index (χ1) is 8.29. The molecule has 0 bridgehead atoms. The third kappa shape index (κ3) is 2.70. The number of hydrogen-bond acceptors (Lipinski definition) is 4. The second-order valence-corrected chi connectivity index (χ2v) is 4.56. The molecule has 0 amide bonds. The van der Waals surface area contributed by atoms with Crippen molar-refractivity contribution >= 4 is 5.69 Å². The van der Waals surface area contributed by atoms with Crippen LogP contribution in [0.25, 0.3) is 0 Å². The highest BCUT2D eigenvalue weighted by Gasteiger charge is 2.30. The molecule has 0 unspecified atom stereocenters. The molecule has 1 aliphatic rings. The summed E-state index contributed by atoms with van der Waals surface area (Å²) in [5.74, 6) is 0.874. The van der Waals surface area contributed by atoms with Gasteiger partial charge in [-0.2, -0.15) is 0 Å². The predicted molar refractivity (Wildman–Crippen MR) is 70.5 cm³/mol. The molecule has 1 aromatic carbocycles. The smallest absolute Gasteiger partial charge is 0.141 e. The first-order valence-corrected chi connectivity index (χ1v) is 6.12. The topological polar surface area (TPSA) is 59.3 Å². The maximum absolute atomic E-state index is 5.95. The van der Waals surface area contributed by atoms with E-state index in [1.807, 2.05) is 24.3 Å². The van der Waals surface area contributed by atoms with Gasteiger partial charge in [0.05, 0.1) is 18.3 Å². The highest BCUT2D eigenvalue weighted by atomic mass is 16.5. The summed E-state index contributed by atoms with van der Waals surface area (Å²) in [7, 11) is 1.69. The van der Waals surface area contributed by atoms with Crippen LogP contribution < -0.4 is 21.1 Å². The largest absolute Gasteiger partial charge is 0.495 e. The van der Waals surface area contributed by atoms with Gasteiger partial charge in [-0.25, -0.2) is 0 Å². The lowest BCUT2D eigenvalue weighted by Gasteiger charge is -2.38. The number of hydrogen-bond donors (Lipinski definition) is 3. The third-order valence-corrected chi connectivity index (χ3v) is 3.46. The van der Waals surface area contributed by atoms with E-state index < -0.39 is 0 Å².